The Morgan fingerprint density at radius 1 is 1.12 bits per heavy atom. The Hall–Kier alpha value is -1.50. The van der Waals surface area contributed by atoms with Gasteiger partial charge in [-0.2, -0.15) is 0 Å². The molecule has 0 rings (SSSR count). The highest BCUT2D eigenvalue weighted by molar-refractivity contribution is 5.80. The van der Waals surface area contributed by atoms with Gasteiger partial charge in [0, 0.05) is 39.4 Å². The van der Waals surface area contributed by atoms with Crippen molar-refractivity contribution in [1.82, 2.24) is 16.0 Å². The van der Waals surface area contributed by atoms with Crippen LogP contribution in [0.1, 0.15) is 66.7 Å². The first kappa shape index (κ1) is 24.5. The first-order valence-electron chi connectivity index (χ1n) is 9.84. The zero-order valence-corrected chi connectivity index (χ0v) is 17.6. The van der Waals surface area contributed by atoms with E-state index in [1.165, 1.54) is 0 Å². The summed E-state index contributed by atoms with van der Waals surface area (Å²) in [5, 5.41) is 9.56. The molecule has 3 N–H and O–H groups in total. The quantitative estimate of drug-likeness (QED) is 0.279. The lowest BCUT2D eigenvalue weighted by Crippen LogP contribution is -2.49. The smallest absolute Gasteiger partial charge is 0.407 e. The molecule has 0 fully saturated rings. The highest BCUT2D eigenvalue weighted by Gasteiger charge is 2.18. The van der Waals surface area contributed by atoms with E-state index in [2.05, 4.69) is 27.9 Å². The van der Waals surface area contributed by atoms with Gasteiger partial charge in [0.15, 0.2) is 5.96 Å². The van der Waals surface area contributed by atoms with E-state index in [0.29, 0.717) is 6.54 Å². The number of carbonyl (C=O) groups is 1. The van der Waals surface area contributed by atoms with Crippen molar-refractivity contribution in [3.05, 3.63) is 0 Å². The maximum absolute atomic E-state index is 11.9. The van der Waals surface area contributed by atoms with Gasteiger partial charge in [-0.3, -0.25) is 4.99 Å². The van der Waals surface area contributed by atoms with Crippen LogP contribution in [-0.4, -0.2) is 57.0 Å². The maximum Gasteiger partial charge on any atom is 0.407 e. The molecule has 0 aliphatic carbocycles. The van der Waals surface area contributed by atoms with Gasteiger partial charge in [-0.25, -0.2) is 4.79 Å². The van der Waals surface area contributed by atoms with Gasteiger partial charge in [-0.05, 0) is 47.0 Å². The molecule has 0 aliphatic rings. The van der Waals surface area contributed by atoms with Crippen LogP contribution in [0.4, 0.5) is 4.79 Å². The molecule has 26 heavy (non-hydrogen) atoms. The second-order valence-electron chi connectivity index (χ2n) is 7.27. The number of nitrogens with zero attached hydrogens (tertiary/aromatic N) is 1. The topological polar surface area (TPSA) is 84.0 Å². The largest absolute Gasteiger partial charge is 0.444 e. The second-order valence-corrected chi connectivity index (χ2v) is 7.27. The van der Waals surface area contributed by atoms with Crippen LogP contribution in [0, 0.1) is 0 Å². The van der Waals surface area contributed by atoms with Crippen molar-refractivity contribution < 1.29 is 14.3 Å². The van der Waals surface area contributed by atoms with Crippen molar-refractivity contribution in [1.29, 1.82) is 0 Å². The van der Waals surface area contributed by atoms with E-state index in [4.69, 9.17) is 9.47 Å². The summed E-state index contributed by atoms with van der Waals surface area (Å²) in [6.07, 6.45) is 4.80. The Morgan fingerprint density at radius 2 is 1.85 bits per heavy atom. The molecule has 0 radical (unpaired) electrons. The van der Waals surface area contributed by atoms with Gasteiger partial charge < -0.3 is 25.4 Å². The third kappa shape index (κ3) is 14.8. The molecule has 0 saturated carbocycles. The highest BCUT2D eigenvalue weighted by Crippen LogP contribution is 2.07. The summed E-state index contributed by atoms with van der Waals surface area (Å²) in [4.78, 5) is 16.1. The summed E-state index contributed by atoms with van der Waals surface area (Å²) in [5.74, 6) is 0.758. The predicted molar refractivity (Wildman–Crippen MR) is 108 cm³/mol. The fraction of sp³-hybridized carbons (Fsp3) is 0.895. The molecule has 0 spiro atoms. The fourth-order valence-electron chi connectivity index (χ4n) is 2.26. The Balaban J connectivity index is 4.32. The molecule has 1 atom stereocenters. The zero-order chi connectivity index (χ0) is 19.8. The molecule has 7 heteroatoms. The van der Waals surface area contributed by atoms with Crippen LogP contribution in [-0.2, 0) is 9.47 Å². The molecule has 1 amide bonds. The first-order valence-corrected chi connectivity index (χ1v) is 9.84. The maximum atomic E-state index is 11.9. The van der Waals surface area contributed by atoms with Gasteiger partial charge in [0.1, 0.15) is 5.60 Å². The molecule has 1 unspecified atom stereocenters. The minimum Gasteiger partial charge on any atom is -0.444 e. The molecule has 0 saturated heterocycles. The van der Waals surface area contributed by atoms with E-state index in [9.17, 15) is 4.79 Å². The standard InChI is InChI=1S/C19H40N4O3/c1-7-9-12-16(15-22-18(24)26-19(3,4)5)23-17(20-6)21-13-10-11-14-25-8-2/h16H,7-15H2,1-6H3,(H,22,24)(H2,20,21,23). The van der Waals surface area contributed by atoms with Gasteiger partial charge >= 0.3 is 6.09 Å². The van der Waals surface area contributed by atoms with Gasteiger partial charge in [-0.1, -0.05) is 19.8 Å². The predicted octanol–water partition coefficient (Wildman–Crippen LogP) is 3.05. The summed E-state index contributed by atoms with van der Waals surface area (Å²) in [6, 6.07) is 0.108. The SMILES string of the molecule is CCCCC(CNC(=O)OC(C)(C)C)NC(=NC)NCCCCOCC. The normalized spacial score (nSPS) is 13.2. The van der Waals surface area contributed by atoms with Crippen molar-refractivity contribution in [2.45, 2.75) is 78.4 Å². The van der Waals surface area contributed by atoms with Crippen LogP contribution in [0.2, 0.25) is 0 Å². The van der Waals surface area contributed by atoms with Crippen molar-refractivity contribution in [3.63, 3.8) is 0 Å². The molecule has 0 aliphatic heterocycles. The summed E-state index contributed by atoms with van der Waals surface area (Å²) in [5.41, 5.74) is -0.491. The number of hydrogen-bond acceptors (Lipinski definition) is 4. The zero-order valence-electron chi connectivity index (χ0n) is 17.6. The van der Waals surface area contributed by atoms with Crippen LogP contribution in [0.25, 0.3) is 0 Å². The lowest BCUT2D eigenvalue weighted by Gasteiger charge is -2.24. The third-order valence-electron chi connectivity index (χ3n) is 3.57. The van der Waals surface area contributed by atoms with E-state index < -0.39 is 5.60 Å². The van der Waals surface area contributed by atoms with Crippen LogP contribution in [0.15, 0.2) is 4.99 Å². The van der Waals surface area contributed by atoms with Crippen molar-refractivity contribution in [2.24, 2.45) is 4.99 Å². The molecule has 0 bridgehead atoms. The number of guanidine groups is 1. The van der Waals surface area contributed by atoms with E-state index in [1.807, 2.05) is 27.7 Å². The Morgan fingerprint density at radius 3 is 2.42 bits per heavy atom. The Kier molecular flexibility index (Phi) is 13.8. The van der Waals surface area contributed by atoms with Gasteiger partial charge in [0.25, 0.3) is 0 Å². The van der Waals surface area contributed by atoms with Crippen LogP contribution < -0.4 is 16.0 Å². The fourth-order valence-corrected chi connectivity index (χ4v) is 2.26. The minimum absolute atomic E-state index is 0.108. The molecule has 0 heterocycles. The molecule has 154 valence electrons. The van der Waals surface area contributed by atoms with Crippen molar-refractivity contribution in [2.75, 3.05) is 33.4 Å². The molecular weight excluding hydrogens is 332 g/mol. The number of alkyl carbamates (subject to hydrolysis) is 1. The highest BCUT2D eigenvalue weighted by atomic mass is 16.6. The summed E-state index contributed by atoms with van der Waals surface area (Å²) >= 11 is 0. The number of carbonyl (C=O) groups excluding carboxylic acids is 1. The van der Waals surface area contributed by atoms with Gasteiger partial charge in [0.2, 0.25) is 0 Å². The van der Waals surface area contributed by atoms with Crippen LogP contribution in [0.3, 0.4) is 0 Å². The molecule has 0 aromatic heterocycles. The number of nitrogens with one attached hydrogen (secondary N) is 3. The first-order chi connectivity index (χ1) is 12.3. The molecule has 0 aromatic carbocycles. The average Bonchev–Trinajstić information content (AvgIpc) is 2.57. The van der Waals surface area contributed by atoms with E-state index >= 15 is 0 Å². The lowest BCUT2D eigenvalue weighted by molar-refractivity contribution is 0.0523. The lowest BCUT2D eigenvalue weighted by atomic mass is 10.1. The van der Waals surface area contributed by atoms with E-state index in [1.54, 1.807) is 7.05 Å². The summed E-state index contributed by atoms with van der Waals surface area (Å²) in [7, 11) is 1.76. The third-order valence-corrected chi connectivity index (χ3v) is 3.57. The second kappa shape index (κ2) is 14.6. The number of unbranched alkanes of at least 4 members (excludes halogenated alkanes) is 2. The summed E-state index contributed by atoms with van der Waals surface area (Å²) < 4.78 is 10.6. The van der Waals surface area contributed by atoms with Gasteiger partial charge in [-0.15, -0.1) is 0 Å². The minimum atomic E-state index is -0.491. The van der Waals surface area contributed by atoms with Gasteiger partial charge in [0.05, 0.1) is 0 Å². The van der Waals surface area contributed by atoms with Crippen molar-refractivity contribution >= 4 is 12.1 Å². The number of ether oxygens (including phenoxy) is 2. The average molecular weight is 373 g/mol. The number of amides is 1. The van der Waals surface area contributed by atoms with Crippen molar-refractivity contribution in [3.8, 4) is 0 Å². The number of aliphatic imine (C=N–C) groups is 1. The summed E-state index contributed by atoms with van der Waals surface area (Å²) in [6.45, 7) is 12.6. The van der Waals surface area contributed by atoms with Crippen LogP contribution >= 0.6 is 0 Å². The van der Waals surface area contributed by atoms with E-state index in [0.717, 1.165) is 57.8 Å². The number of rotatable bonds is 12. The van der Waals surface area contributed by atoms with E-state index in [-0.39, 0.29) is 12.1 Å². The van der Waals surface area contributed by atoms with Crippen LogP contribution in [0.5, 0.6) is 0 Å². The Bertz CT molecular complexity index is 395. The molecular formula is C19H40N4O3. The molecule has 7 nitrogen and oxygen atoms in total. The number of hydrogen-bond donors (Lipinski definition) is 3. The Labute approximate surface area is 159 Å². The molecule has 0 aromatic rings. The monoisotopic (exact) mass is 372 g/mol.